The zero-order chi connectivity index (χ0) is 14.7. The van der Waals surface area contributed by atoms with E-state index >= 15 is 0 Å². The standard InChI is InChI=1S/C14H22N4O2S.2ClH/c1-2-18-5-3-11-12(8-18)21-14(16-11)17-13(19)7-10-9-20-6-4-15-10;;/h10,15H,2-9H2,1H3,(H,16,17,19);2*1H. The Bertz CT molecular complexity index is 509. The van der Waals surface area contributed by atoms with Crippen molar-refractivity contribution < 1.29 is 9.53 Å². The molecule has 6 nitrogen and oxygen atoms in total. The van der Waals surface area contributed by atoms with Crippen molar-refractivity contribution in [2.75, 3.05) is 38.2 Å². The summed E-state index contributed by atoms with van der Waals surface area (Å²) in [7, 11) is 0. The van der Waals surface area contributed by atoms with E-state index in [1.54, 1.807) is 11.3 Å². The molecule has 9 heteroatoms. The summed E-state index contributed by atoms with van der Waals surface area (Å²) in [4.78, 5) is 20.3. The molecule has 0 aromatic carbocycles. The Morgan fingerprint density at radius 1 is 1.52 bits per heavy atom. The Kier molecular flexibility index (Phi) is 8.74. The zero-order valence-corrected chi connectivity index (χ0v) is 15.6. The Balaban J connectivity index is 0.00000132. The second kappa shape index (κ2) is 9.76. The molecule has 23 heavy (non-hydrogen) atoms. The fourth-order valence-electron chi connectivity index (χ4n) is 2.72. The van der Waals surface area contributed by atoms with Crippen LogP contribution in [0, 0.1) is 0 Å². The summed E-state index contributed by atoms with van der Waals surface area (Å²) in [6.07, 6.45) is 1.42. The van der Waals surface area contributed by atoms with Gasteiger partial charge in [0.15, 0.2) is 5.13 Å². The molecule has 1 amide bonds. The van der Waals surface area contributed by atoms with Gasteiger partial charge in [-0.2, -0.15) is 0 Å². The molecule has 3 heterocycles. The number of hydrogen-bond acceptors (Lipinski definition) is 6. The number of rotatable bonds is 4. The van der Waals surface area contributed by atoms with Gasteiger partial charge in [-0.05, 0) is 6.54 Å². The van der Waals surface area contributed by atoms with Crippen LogP contribution in [0.15, 0.2) is 0 Å². The number of carbonyl (C=O) groups excluding carboxylic acids is 1. The third-order valence-corrected chi connectivity index (χ3v) is 4.93. The maximum atomic E-state index is 12.1. The van der Waals surface area contributed by atoms with Crippen molar-refractivity contribution in [2.24, 2.45) is 0 Å². The van der Waals surface area contributed by atoms with Gasteiger partial charge in [0.25, 0.3) is 0 Å². The van der Waals surface area contributed by atoms with E-state index in [4.69, 9.17) is 4.74 Å². The van der Waals surface area contributed by atoms with Gasteiger partial charge in [-0.1, -0.05) is 6.92 Å². The number of halogens is 2. The quantitative estimate of drug-likeness (QED) is 0.828. The number of aromatic nitrogens is 1. The molecule has 1 saturated heterocycles. The van der Waals surface area contributed by atoms with Crippen LogP contribution >= 0.6 is 36.2 Å². The highest BCUT2D eigenvalue weighted by Gasteiger charge is 2.21. The van der Waals surface area contributed by atoms with Crippen LogP contribution in [0.25, 0.3) is 0 Å². The monoisotopic (exact) mass is 382 g/mol. The van der Waals surface area contributed by atoms with Gasteiger partial charge in [0.1, 0.15) is 0 Å². The Hall–Kier alpha value is -0.440. The molecule has 3 rings (SSSR count). The lowest BCUT2D eigenvalue weighted by molar-refractivity contribution is -0.117. The van der Waals surface area contributed by atoms with Crippen LogP contribution < -0.4 is 10.6 Å². The molecule has 1 aromatic heterocycles. The first-order valence-electron chi connectivity index (χ1n) is 7.56. The first-order valence-corrected chi connectivity index (χ1v) is 8.38. The maximum Gasteiger partial charge on any atom is 0.227 e. The molecule has 0 radical (unpaired) electrons. The van der Waals surface area contributed by atoms with Crippen LogP contribution in [0.5, 0.6) is 0 Å². The first-order chi connectivity index (χ1) is 10.2. The topological polar surface area (TPSA) is 66.5 Å². The molecule has 0 bridgehead atoms. The molecular formula is C14H24Cl2N4O2S. The maximum absolute atomic E-state index is 12.1. The summed E-state index contributed by atoms with van der Waals surface area (Å²) in [5.74, 6) is 0.0106. The van der Waals surface area contributed by atoms with Crippen molar-refractivity contribution >= 4 is 47.2 Å². The number of morpholine rings is 1. The van der Waals surface area contributed by atoms with Crippen molar-refractivity contribution in [1.82, 2.24) is 15.2 Å². The predicted octanol–water partition coefficient (Wildman–Crippen LogP) is 1.68. The number of ether oxygens (including phenoxy) is 1. The lowest BCUT2D eigenvalue weighted by Crippen LogP contribution is -2.43. The van der Waals surface area contributed by atoms with E-state index in [-0.39, 0.29) is 36.8 Å². The fourth-order valence-corrected chi connectivity index (χ4v) is 3.78. The Morgan fingerprint density at radius 3 is 3.04 bits per heavy atom. The van der Waals surface area contributed by atoms with E-state index < -0.39 is 0 Å². The van der Waals surface area contributed by atoms with E-state index in [2.05, 4.69) is 27.4 Å². The average Bonchev–Trinajstić information content (AvgIpc) is 2.89. The third kappa shape index (κ3) is 5.55. The number of fused-ring (bicyclic) bond motifs is 1. The minimum Gasteiger partial charge on any atom is -0.378 e. The summed E-state index contributed by atoms with van der Waals surface area (Å²) in [6.45, 7) is 7.40. The molecule has 1 aromatic rings. The highest BCUT2D eigenvalue weighted by atomic mass is 35.5. The summed E-state index contributed by atoms with van der Waals surface area (Å²) >= 11 is 1.61. The van der Waals surface area contributed by atoms with Gasteiger partial charge in [0.2, 0.25) is 5.91 Å². The molecule has 2 aliphatic heterocycles. The number of anilines is 1. The highest BCUT2D eigenvalue weighted by molar-refractivity contribution is 7.15. The summed E-state index contributed by atoms with van der Waals surface area (Å²) in [6, 6.07) is 0.115. The number of likely N-dealkylation sites (N-methyl/N-ethyl adjacent to an activating group) is 1. The van der Waals surface area contributed by atoms with E-state index in [0.717, 1.165) is 50.0 Å². The molecule has 132 valence electrons. The minimum absolute atomic E-state index is 0. The number of amides is 1. The summed E-state index contributed by atoms with van der Waals surface area (Å²) in [5, 5.41) is 6.96. The lowest BCUT2D eigenvalue weighted by Gasteiger charge is -2.23. The summed E-state index contributed by atoms with van der Waals surface area (Å²) < 4.78 is 5.36. The van der Waals surface area contributed by atoms with Gasteiger partial charge < -0.3 is 15.4 Å². The average molecular weight is 383 g/mol. The molecule has 0 aliphatic carbocycles. The van der Waals surface area contributed by atoms with Crippen LogP contribution in [-0.4, -0.2) is 54.7 Å². The number of nitrogens with one attached hydrogen (secondary N) is 2. The highest BCUT2D eigenvalue weighted by Crippen LogP contribution is 2.28. The SMILES string of the molecule is CCN1CCc2nc(NC(=O)CC3COCCN3)sc2C1.Cl.Cl. The number of nitrogens with zero attached hydrogens (tertiary/aromatic N) is 2. The molecule has 2 aliphatic rings. The van der Waals surface area contributed by atoms with Crippen molar-refractivity contribution in [3.63, 3.8) is 0 Å². The molecular weight excluding hydrogens is 359 g/mol. The van der Waals surface area contributed by atoms with Crippen LogP contribution in [0.2, 0.25) is 0 Å². The molecule has 1 atom stereocenters. The second-order valence-corrected chi connectivity index (χ2v) is 6.57. The molecule has 0 spiro atoms. The smallest absolute Gasteiger partial charge is 0.227 e. The van der Waals surface area contributed by atoms with Gasteiger partial charge in [-0.15, -0.1) is 36.2 Å². The van der Waals surface area contributed by atoms with Crippen LogP contribution in [0.3, 0.4) is 0 Å². The molecule has 1 fully saturated rings. The zero-order valence-electron chi connectivity index (χ0n) is 13.2. The van der Waals surface area contributed by atoms with E-state index in [0.29, 0.717) is 13.0 Å². The Morgan fingerprint density at radius 2 is 2.35 bits per heavy atom. The van der Waals surface area contributed by atoms with Crippen molar-refractivity contribution in [1.29, 1.82) is 0 Å². The van der Waals surface area contributed by atoms with E-state index in [1.165, 1.54) is 4.88 Å². The fraction of sp³-hybridized carbons (Fsp3) is 0.714. The second-order valence-electron chi connectivity index (χ2n) is 5.49. The Labute approximate surface area is 153 Å². The van der Waals surface area contributed by atoms with Gasteiger partial charge in [-0.3, -0.25) is 9.69 Å². The molecule has 1 unspecified atom stereocenters. The van der Waals surface area contributed by atoms with E-state index in [9.17, 15) is 4.79 Å². The van der Waals surface area contributed by atoms with Crippen LogP contribution in [0.4, 0.5) is 5.13 Å². The van der Waals surface area contributed by atoms with Gasteiger partial charge in [0, 0.05) is 43.4 Å². The van der Waals surface area contributed by atoms with Gasteiger partial charge in [0.05, 0.1) is 18.9 Å². The number of thiazole rings is 1. The van der Waals surface area contributed by atoms with Crippen LogP contribution in [-0.2, 0) is 22.5 Å². The first kappa shape index (κ1) is 20.6. The molecule has 2 N–H and O–H groups in total. The van der Waals surface area contributed by atoms with Crippen molar-refractivity contribution in [3.8, 4) is 0 Å². The van der Waals surface area contributed by atoms with Crippen LogP contribution in [0.1, 0.15) is 23.9 Å². The molecule has 0 saturated carbocycles. The minimum atomic E-state index is 0. The van der Waals surface area contributed by atoms with Crippen molar-refractivity contribution in [2.45, 2.75) is 32.4 Å². The van der Waals surface area contributed by atoms with E-state index in [1.807, 2.05) is 0 Å². The lowest BCUT2D eigenvalue weighted by atomic mass is 10.2. The number of carbonyl (C=O) groups is 1. The largest absolute Gasteiger partial charge is 0.378 e. The number of hydrogen-bond donors (Lipinski definition) is 2. The normalized spacial score (nSPS) is 20.8. The van der Waals surface area contributed by atoms with Crippen molar-refractivity contribution in [3.05, 3.63) is 10.6 Å². The van der Waals surface area contributed by atoms with Gasteiger partial charge in [-0.25, -0.2) is 4.98 Å². The summed E-state index contributed by atoms with van der Waals surface area (Å²) in [5.41, 5.74) is 1.15. The van der Waals surface area contributed by atoms with Gasteiger partial charge >= 0.3 is 0 Å². The predicted molar refractivity (Wildman–Crippen MR) is 97.1 cm³/mol. The third-order valence-electron chi connectivity index (χ3n) is 3.93.